The summed E-state index contributed by atoms with van der Waals surface area (Å²) >= 11 is 11.5. The second-order valence-corrected chi connectivity index (χ2v) is 4.04. The molecule has 0 radical (unpaired) electrons. The Labute approximate surface area is 97.8 Å². The first-order valence-corrected chi connectivity index (χ1v) is 5.33. The molecule has 0 amide bonds. The van der Waals surface area contributed by atoms with Crippen LogP contribution >= 0.6 is 23.2 Å². The van der Waals surface area contributed by atoms with Crippen molar-refractivity contribution in [3.8, 4) is 0 Å². The van der Waals surface area contributed by atoms with E-state index in [1.165, 1.54) is 12.1 Å². The third-order valence-corrected chi connectivity index (χ3v) is 2.74. The van der Waals surface area contributed by atoms with E-state index in [-0.39, 0.29) is 22.2 Å². The molecule has 1 rings (SSSR count). The number of nitrogens with two attached hydrogens (primary N) is 1. The van der Waals surface area contributed by atoms with Crippen LogP contribution in [0.15, 0.2) is 12.1 Å². The lowest BCUT2D eigenvalue weighted by atomic mass is 10.0. The Kier molecular flexibility index (Phi) is 4.80. The Morgan fingerprint density at radius 3 is 2.53 bits per heavy atom. The lowest BCUT2D eigenvalue weighted by molar-refractivity contribution is 0.279. The van der Waals surface area contributed by atoms with E-state index in [1.54, 1.807) is 0 Å². The van der Waals surface area contributed by atoms with Crippen molar-refractivity contribution in [1.82, 2.24) is 0 Å². The minimum atomic E-state index is -0.574. The molecule has 0 aliphatic carbocycles. The summed E-state index contributed by atoms with van der Waals surface area (Å²) in [5, 5.41) is 8.92. The fourth-order valence-corrected chi connectivity index (χ4v) is 1.79. The maximum atomic E-state index is 13.6. The van der Waals surface area contributed by atoms with Crippen molar-refractivity contribution in [3.05, 3.63) is 33.6 Å². The molecule has 0 aliphatic rings. The Bertz CT molecular complexity index is 346. The molecule has 15 heavy (non-hydrogen) atoms. The molecule has 0 aliphatic heterocycles. The van der Waals surface area contributed by atoms with Crippen molar-refractivity contribution in [3.63, 3.8) is 0 Å². The van der Waals surface area contributed by atoms with Gasteiger partial charge in [0.25, 0.3) is 0 Å². The van der Waals surface area contributed by atoms with Gasteiger partial charge in [-0.05, 0) is 25.0 Å². The number of hydrogen-bond acceptors (Lipinski definition) is 2. The molecule has 0 saturated heterocycles. The first-order valence-electron chi connectivity index (χ1n) is 4.57. The van der Waals surface area contributed by atoms with Crippen molar-refractivity contribution in [1.29, 1.82) is 0 Å². The Balaban J connectivity index is 2.96. The van der Waals surface area contributed by atoms with Gasteiger partial charge in [0, 0.05) is 23.2 Å². The lowest BCUT2D eigenvalue weighted by Gasteiger charge is -2.14. The van der Waals surface area contributed by atoms with E-state index in [4.69, 9.17) is 34.0 Å². The van der Waals surface area contributed by atoms with Crippen LogP contribution in [0, 0.1) is 5.82 Å². The van der Waals surface area contributed by atoms with Crippen LogP contribution in [0.25, 0.3) is 0 Å². The van der Waals surface area contributed by atoms with E-state index < -0.39 is 11.9 Å². The summed E-state index contributed by atoms with van der Waals surface area (Å²) < 4.78 is 13.6. The number of aliphatic hydroxyl groups is 1. The van der Waals surface area contributed by atoms with Gasteiger partial charge in [-0.1, -0.05) is 23.2 Å². The van der Waals surface area contributed by atoms with Crippen molar-refractivity contribution < 1.29 is 9.50 Å². The van der Waals surface area contributed by atoms with E-state index in [0.717, 1.165) is 0 Å². The SMILES string of the molecule is N[C@@H](CCCO)c1c(Cl)ccc(Cl)c1F. The van der Waals surface area contributed by atoms with Crippen molar-refractivity contribution >= 4 is 23.2 Å². The molecule has 0 unspecified atom stereocenters. The summed E-state index contributed by atoms with van der Waals surface area (Å²) in [6.07, 6.45) is 0.969. The average molecular weight is 252 g/mol. The molecule has 0 heterocycles. The minimum Gasteiger partial charge on any atom is -0.396 e. The predicted octanol–water partition coefficient (Wildman–Crippen LogP) is 2.90. The molecule has 1 atom stereocenters. The highest BCUT2D eigenvalue weighted by atomic mass is 35.5. The molecule has 3 N–H and O–H groups in total. The van der Waals surface area contributed by atoms with Gasteiger partial charge in [0.15, 0.2) is 0 Å². The lowest BCUT2D eigenvalue weighted by Crippen LogP contribution is -2.13. The van der Waals surface area contributed by atoms with Crippen LogP contribution in [-0.2, 0) is 0 Å². The highest BCUT2D eigenvalue weighted by Crippen LogP contribution is 2.31. The van der Waals surface area contributed by atoms with Gasteiger partial charge in [-0.25, -0.2) is 4.39 Å². The fourth-order valence-electron chi connectivity index (χ4n) is 1.34. The van der Waals surface area contributed by atoms with Gasteiger partial charge in [0.05, 0.1) is 5.02 Å². The molecule has 0 saturated carbocycles. The smallest absolute Gasteiger partial charge is 0.148 e. The van der Waals surface area contributed by atoms with Gasteiger partial charge in [-0.3, -0.25) is 0 Å². The molecule has 0 fully saturated rings. The molecule has 1 aromatic rings. The summed E-state index contributed by atoms with van der Waals surface area (Å²) in [5.74, 6) is -0.574. The Hall–Kier alpha value is -0.350. The molecular formula is C10H12Cl2FNO. The van der Waals surface area contributed by atoms with Gasteiger partial charge in [0.1, 0.15) is 5.82 Å². The first kappa shape index (κ1) is 12.7. The van der Waals surface area contributed by atoms with Crippen molar-refractivity contribution in [2.45, 2.75) is 18.9 Å². The van der Waals surface area contributed by atoms with Crippen LogP contribution < -0.4 is 5.73 Å². The molecule has 2 nitrogen and oxygen atoms in total. The minimum absolute atomic E-state index is 0.00819. The van der Waals surface area contributed by atoms with Crippen LogP contribution in [0.4, 0.5) is 4.39 Å². The number of aliphatic hydroxyl groups excluding tert-OH is 1. The maximum Gasteiger partial charge on any atom is 0.148 e. The first-order chi connectivity index (χ1) is 7.07. The van der Waals surface area contributed by atoms with Gasteiger partial charge < -0.3 is 10.8 Å². The fraction of sp³-hybridized carbons (Fsp3) is 0.400. The molecular weight excluding hydrogens is 240 g/mol. The number of hydrogen-bond donors (Lipinski definition) is 2. The third kappa shape index (κ3) is 3.05. The highest BCUT2D eigenvalue weighted by Gasteiger charge is 2.17. The zero-order valence-corrected chi connectivity index (χ0v) is 9.52. The van der Waals surface area contributed by atoms with Crippen LogP contribution in [0.2, 0.25) is 10.0 Å². The normalized spacial score (nSPS) is 12.9. The van der Waals surface area contributed by atoms with E-state index in [2.05, 4.69) is 0 Å². The largest absolute Gasteiger partial charge is 0.396 e. The summed E-state index contributed by atoms with van der Waals surface area (Å²) in [5.41, 5.74) is 5.98. The molecule has 0 aromatic heterocycles. The van der Waals surface area contributed by atoms with Gasteiger partial charge in [0.2, 0.25) is 0 Å². The summed E-state index contributed by atoms with van der Waals surface area (Å²) in [6.45, 7) is 0.0213. The van der Waals surface area contributed by atoms with E-state index in [9.17, 15) is 4.39 Å². The van der Waals surface area contributed by atoms with Gasteiger partial charge >= 0.3 is 0 Å². The standard InChI is InChI=1S/C10H12Cl2FNO/c11-6-3-4-7(12)10(13)9(6)8(14)2-1-5-15/h3-4,8,15H,1-2,5,14H2/t8-/m0/s1. The maximum absolute atomic E-state index is 13.6. The van der Waals surface area contributed by atoms with Crippen molar-refractivity contribution in [2.75, 3.05) is 6.61 Å². The molecule has 84 valence electrons. The Morgan fingerprint density at radius 1 is 1.33 bits per heavy atom. The second kappa shape index (κ2) is 5.66. The predicted molar refractivity (Wildman–Crippen MR) is 59.7 cm³/mol. The third-order valence-electron chi connectivity index (χ3n) is 2.12. The second-order valence-electron chi connectivity index (χ2n) is 3.23. The average Bonchev–Trinajstić information content (AvgIpc) is 2.21. The summed E-state index contributed by atoms with van der Waals surface area (Å²) in [7, 11) is 0. The number of halogens is 3. The Morgan fingerprint density at radius 2 is 1.93 bits per heavy atom. The van der Waals surface area contributed by atoms with Gasteiger partial charge in [-0.2, -0.15) is 0 Å². The van der Waals surface area contributed by atoms with Crippen LogP contribution in [-0.4, -0.2) is 11.7 Å². The summed E-state index contributed by atoms with van der Waals surface area (Å²) in [4.78, 5) is 0. The van der Waals surface area contributed by atoms with Crippen LogP contribution in [0.3, 0.4) is 0 Å². The number of rotatable bonds is 4. The zero-order valence-electron chi connectivity index (χ0n) is 8.01. The monoisotopic (exact) mass is 251 g/mol. The number of benzene rings is 1. The topological polar surface area (TPSA) is 46.2 Å². The van der Waals surface area contributed by atoms with Crippen LogP contribution in [0.1, 0.15) is 24.4 Å². The molecule has 0 bridgehead atoms. The summed E-state index contributed by atoms with van der Waals surface area (Å²) in [6, 6.07) is 2.37. The quantitative estimate of drug-likeness (QED) is 0.809. The van der Waals surface area contributed by atoms with E-state index in [0.29, 0.717) is 12.8 Å². The molecule has 0 spiro atoms. The zero-order chi connectivity index (χ0) is 11.4. The molecule has 1 aromatic carbocycles. The van der Waals surface area contributed by atoms with Crippen LogP contribution in [0.5, 0.6) is 0 Å². The van der Waals surface area contributed by atoms with Crippen molar-refractivity contribution in [2.24, 2.45) is 5.73 Å². The van der Waals surface area contributed by atoms with Gasteiger partial charge in [-0.15, -0.1) is 0 Å². The van der Waals surface area contributed by atoms with E-state index in [1.807, 2.05) is 0 Å². The van der Waals surface area contributed by atoms with E-state index >= 15 is 0 Å². The molecule has 5 heteroatoms. The highest BCUT2D eigenvalue weighted by molar-refractivity contribution is 6.33.